The summed E-state index contributed by atoms with van der Waals surface area (Å²) < 4.78 is 45.8. The van der Waals surface area contributed by atoms with Crippen LogP contribution >= 0.6 is 0 Å². The molecule has 1 aliphatic heterocycles. The molecule has 0 spiro atoms. The first-order chi connectivity index (χ1) is 15.9. The van der Waals surface area contributed by atoms with E-state index >= 15 is 0 Å². The van der Waals surface area contributed by atoms with Crippen molar-refractivity contribution in [3.05, 3.63) is 47.5 Å². The van der Waals surface area contributed by atoms with Gasteiger partial charge in [-0.25, -0.2) is 0 Å². The highest BCUT2D eigenvalue weighted by Crippen LogP contribution is 2.38. The van der Waals surface area contributed by atoms with Crippen LogP contribution in [0.5, 0.6) is 23.0 Å². The van der Waals surface area contributed by atoms with E-state index in [-0.39, 0.29) is 30.0 Å². The minimum absolute atomic E-state index is 0.00423. The van der Waals surface area contributed by atoms with Crippen LogP contribution in [-0.4, -0.2) is 63.8 Å². The Labute approximate surface area is 192 Å². The Kier molecular flexibility index (Phi) is 8.32. The number of halogens is 2. The van der Waals surface area contributed by atoms with Crippen LogP contribution in [0.2, 0.25) is 0 Å². The van der Waals surface area contributed by atoms with Crippen molar-refractivity contribution in [2.75, 3.05) is 41.5 Å². The van der Waals surface area contributed by atoms with Gasteiger partial charge in [0.1, 0.15) is 11.5 Å². The fourth-order valence-electron chi connectivity index (χ4n) is 4.18. The molecular formula is C24H30F2N2O5. The Hall–Kier alpha value is -3.07. The van der Waals surface area contributed by atoms with Crippen molar-refractivity contribution in [1.29, 1.82) is 0 Å². The number of carbonyl (C=O) groups excluding carboxylic acids is 1. The lowest BCUT2D eigenvalue weighted by Crippen LogP contribution is -2.38. The normalized spacial score (nSPS) is 15.8. The fraction of sp³-hybridized carbons (Fsp3) is 0.458. The van der Waals surface area contributed by atoms with Gasteiger partial charge in [-0.05, 0) is 49.7 Å². The molecule has 0 aliphatic carbocycles. The van der Waals surface area contributed by atoms with Crippen LogP contribution in [0.3, 0.4) is 0 Å². The summed E-state index contributed by atoms with van der Waals surface area (Å²) in [6.07, 6.45) is 1.76. The molecule has 2 aromatic rings. The zero-order valence-electron chi connectivity index (χ0n) is 19.3. The molecule has 1 aliphatic rings. The van der Waals surface area contributed by atoms with Gasteiger partial charge in [-0.1, -0.05) is 6.07 Å². The topological polar surface area (TPSA) is 60.5 Å². The van der Waals surface area contributed by atoms with Crippen molar-refractivity contribution in [3.63, 3.8) is 0 Å². The highest BCUT2D eigenvalue weighted by atomic mass is 19.3. The Morgan fingerprint density at radius 2 is 1.82 bits per heavy atom. The summed E-state index contributed by atoms with van der Waals surface area (Å²) in [4.78, 5) is 16.9. The molecule has 1 heterocycles. The number of likely N-dealkylation sites (N-methyl/N-ethyl adjacent to an activating group) is 1. The number of hydrogen-bond acceptors (Lipinski definition) is 6. The number of ether oxygens (including phenoxy) is 4. The van der Waals surface area contributed by atoms with Crippen LogP contribution in [0.1, 0.15) is 30.0 Å². The second-order valence-electron chi connectivity index (χ2n) is 7.89. The molecule has 0 radical (unpaired) electrons. The largest absolute Gasteiger partial charge is 0.497 e. The second-order valence-corrected chi connectivity index (χ2v) is 7.89. The van der Waals surface area contributed by atoms with E-state index < -0.39 is 6.61 Å². The molecule has 1 atom stereocenters. The predicted octanol–water partition coefficient (Wildman–Crippen LogP) is 4.11. The van der Waals surface area contributed by atoms with Crippen molar-refractivity contribution in [2.24, 2.45) is 0 Å². The van der Waals surface area contributed by atoms with Gasteiger partial charge in [0, 0.05) is 24.7 Å². The van der Waals surface area contributed by atoms with E-state index in [2.05, 4.69) is 4.74 Å². The van der Waals surface area contributed by atoms with E-state index in [0.29, 0.717) is 24.6 Å². The summed E-state index contributed by atoms with van der Waals surface area (Å²) in [6, 6.07) is 10.4. The summed E-state index contributed by atoms with van der Waals surface area (Å²) in [6.45, 7) is -1.71. The number of alkyl halides is 2. The minimum atomic E-state index is -2.95. The minimum Gasteiger partial charge on any atom is -0.497 e. The third-order valence-corrected chi connectivity index (χ3v) is 5.67. The summed E-state index contributed by atoms with van der Waals surface area (Å²) in [5.41, 5.74) is 1.69. The Balaban J connectivity index is 1.68. The first kappa shape index (κ1) is 24.6. The maximum Gasteiger partial charge on any atom is 0.387 e. The van der Waals surface area contributed by atoms with E-state index in [1.54, 1.807) is 26.4 Å². The van der Waals surface area contributed by atoms with E-state index in [0.717, 1.165) is 24.0 Å². The van der Waals surface area contributed by atoms with Gasteiger partial charge in [-0.2, -0.15) is 8.78 Å². The van der Waals surface area contributed by atoms with Gasteiger partial charge in [0.25, 0.3) is 0 Å². The molecule has 0 aromatic heterocycles. The summed E-state index contributed by atoms with van der Waals surface area (Å²) in [5.74, 6) is 1.58. The molecule has 2 aromatic carbocycles. The van der Waals surface area contributed by atoms with Gasteiger partial charge in [0.2, 0.25) is 5.91 Å². The summed E-state index contributed by atoms with van der Waals surface area (Å²) in [5, 5.41) is 0. The quantitative estimate of drug-likeness (QED) is 0.528. The number of rotatable bonds is 10. The van der Waals surface area contributed by atoms with Crippen LogP contribution < -0.4 is 18.9 Å². The molecule has 9 heteroatoms. The molecule has 3 rings (SSSR count). The molecule has 0 bridgehead atoms. The Morgan fingerprint density at radius 3 is 2.48 bits per heavy atom. The first-order valence-corrected chi connectivity index (χ1v) is 10.7. The average molecular weight is 465 g/mol. The van der Waals surface area contributed by atoms with Crippen molar-refractivity contribution < 1.29 is 32.5 Å². The maximum absolute atomic E-state index is 13.1. The number of carbonyl (C=O) groups is 1. The predicted molar refractivity (Wildman–Crippen MR) is 119 cm³/mol. The number of amides is 1. The van der Waals surface area contributed by atoms with Gasteiger partial charge >= 0.3 is 6.61 Å². The van der Waals surface area contributed by atoms with Crippen molar-refractivity contribution in [1.82, 2.24) is 9.80 Å². The van der Waals surface area contributed by atoms with Crippen molar-refractivity contribution in [2.45, 2.75) is 32.0 Å². The van der Waals surface area contributed by atoms with Crippen LogP contribution in [0.15, 0.2) is 36.4 Å². The molecule has 0 saturated carbocycles. The first-order valence-electron chi connectivity index (χ1n) is 10.7. The van der Waals surface area contributed by atoms with E-state index in [4.69, 9.17) is 14.2 Å². The monoisotopic (exact) mass is 464 g/mol. The van der Waals surface area contributed by atoms with E-state index in [9.17, 15) is 13.6 Å². The molecule has 1 saturated heterocycles. The fourth-order valence-corrected chi connectivity index (χ4v) is 4.18. The molecule has 1 fully saturated rings. The zero-order chi connectivity index (χ0) is 24.0. The SMILES string of the molecule is COc1ccc(C2CCCN2C(=O)CN(C)Cc2ccc(OC)c(OC(F)F)c2)c(OC)c1. The van der Waals surface area contributed by atoms with Gasteiger partial charge in [0.05, 0.1) is 33.9 Å². The maximum atomic E-state index is 13.1. The second kappa shape index (κ2) is 11.2. The molecule has 1 amide bonds. The van der Waals surface area contributed by atoms with Crippen LogP contribution in [-0.2, 0) is 11.3 Å². The summed E-state index contributed by atoms with van der Waals surface area (Å²) in [7, 11) is 6.41. The molecule has 7 nitrogen and oxygen atoms in total. The summed E-state index contributed by atoms with van der Waals surface area (Å²) >= 11 is 0. The molecular weight excluding hydrogens is 434 g/mol. The highest BCUT2D eigenvalue weighted by Gasteiger charge is 2.32. The van der Waals surface area contributed by atoms with Gasteiger partial charge < -0.3 is 23.8 Å². The highest BCUT2D eigenvalue weighted by molar-refractivity contribution is 5.79. The lowest BCUT2D eigenvalue weighted by Gasteiger charge is -2.28. The number of hydrogen-bond donors (Lipinski definition) is 0. The smallest absolute Gasteiger partial charge is 0.387 e. The van der Waals surface area contributed by atoms with E-state index in [1.165, 1.54) is 13.2 Å². The molecule has 33 heavy (non-hydrogen) atoms. The lowest BCUT2D eigenvalue weighted by atomic mass is 10.0. The van der Waals surface area contributed by atoms with Crippen LogP contribution in [0.4, 0.5) is 8.78 Å². The number of likely N-dealkylation sites (tertiary alicyclic amines) is 1. The van der Waals surface area contributed by atoms with Gasteiger partial charge in [-0.3, -0.25) is 9.69 Å². The Bertz CT molecular complexity index is 956. The standard InChI is InChI=1S/C24H30F2N2O5/c1-27(14-16-7-10-20(31-3)22(12-16)33-24(25)26)15-23(29)28-11-5-6-19(28)18-9-8-17(30-2)13-21(18)32-4/h7-10,12-13,19,24H,5-6,11,14-15H2,1-4H3. The Morgan fingerprint density at radius 1 is 1.06 bits per heavy atom. The number of benzene rings is 2. The van der Waals surface area contributed by atoms with Gasteiger partial charge in [-0.15, -0.1) is 0 Å². The van der Waals surface area contributed by atoms with Crippen LogP contribution in [0.25, 0.3) is 0 Å². The lowest BCUT2D eigenvalue weighted by molar-refractivity contribution is -0.133. The third kappa shape index (κ3) is 6.04. The number of nitrogens with zero attached hydrogens (tertiary/aromatic N) is 2. The molecule has 0 N–H and O–H groups in total. The molecule has 180 valence electrons. The van der Waals surface area contributed by atoms with E-state index in [1.807, 2.05) is 35.0 Å². The third-order valence-electron chi connectivity index (χ3n) is 5.67. The van der Waals surface area contributed by atoms with Crippen molar-refractivity contribution >= 4 is 5.91 Å². The molecule has 1 unspecified atom stereocenters. The average Bonchev–Trinajstić information content (AvgIpc) is 3.28. The zero-order valence-corrected chi connectivity index (χ0v) is 19.3. The van der Waals surface area contributed by atoms with Crippen LogP contribution in [0, 0.1) is 0 Å². The van der Waals surface area contributed by atoms with Gasteiger partial charge in [0.15, 0.2) is 11.5 Å². The van der Waals surface area contributed by atoms with Crippen molar-refractivity contribution in [3.8, 4) is 23.0 Å². The number of methoxy groups -OCH3 is 3.